The van der Waals surface area contributed by atoms with Gasteiger partial charge >= 0.3 is 0 Å². The topological polar surface area (TPSA) is 49.5 Å². The van der Waals surface area contributed by atoms with Crippen LogP contribution in [0.3, 0.4) is 0 Å². The van der Waals surface area contributed by atoms with E-state index in [0.29, 0.717) is 6.42 Å². The van der Waals surface area contributed by atoms with Crippen LogP contribution in [-0.2, 0) is 0 Å². The highest BCUT2D eigenvalue weighted by Crippen LogP contribution is 2.16. The van der Waals surface area contributed by atoms with E-state index in [-0.39, 0.29) is 12.4 Å². The molecule has 0 saturated heterocycles. The fourth-order valence-corrected chi connectivity index (χ4v) is 1.64. The summed E-state index contributed by atoms with van der Waals surface area (Å²) >= 11 is 0. The Morgan fingerprint density at radius 2 is 2.18 bits per heavy atom. The number of hydrogen-bond acceptors (Lipinski definition) is 3. The number of hydrogen-bond donors (Lipinski definition) is 2. The number of aliphatic hydroxyl groups is 1. The van der Waals surface area contributed by atoms with Crippen LogP contribution in [0.1, 0.15) is 19.8 Å². The molecule has 3 nitrogen and oxygen atoms in total. The Kier molecular flexibility index (Phi) is 4.90. The molecule has 0 bridgehead atoms. The molecule has 0 fully saturated rings. The van der Waals surface area contributed by atoms with Crippen molar-refractivity contribution in [2.45, 2.75) is 25.4 Å². The first-order valence-corrected chi connectivity index (χ1v) is 5.84. The number of rotatable bonds is 6. The number of nitrogens with two attached hydrogens (primary N) is 1. The van der Waals surface area contributed by atoms with E-state index in [4.69, 9.17) is 5.73 Å². The first-order chi connectivity index (χ1) is 7.94. The van der Waals surface area contributed by atoms with Crippen molar-refractivity contribution in [1.82, 2.24) is 0 Å². The van der Waals surface area contributed by atoms with Gasteiger partial charge in [0.15, 0.2) is 0 Å². The predicted molar refractivity (Wildman–Crippen MR) is 68.6 cm³/mol. The average Bonchev–Trinajstić information content (AvgIpc) is 2.28. The van der Waals surface area contributed by atoms with Gasteiger partial charge in [0.2, 0.25) is 0 Å². The molecule has 0 aliphatic heterocycles. The molecule has 1 unspecified atom stereocenters. The van der Waals surface area contributed by atoms with E-state index >= 15 is 0 Å². The van der Waals surface area contributed by atoms with Crippen LogP contribution in [0.4, 0.5) is 10.1 Å². The minimum Gasteiger partial charge on any atom is -0.389 e. The Bertz CT molecular complexity index is 355. The summed E-state index contributed by atoms with van der Waals surface area (Å²) in [5, 5.41) is 9.75. The summed E-state index contributed by atoms with van der Waals surface area (Å²) in [6.07, 6.45) is 1.46. The lowest BCUT2D eigenvalue weighted by Crippen LogP contribution is -2.35. The van der Waals surface area contributed by atoms with Gasteiger partial charge in [-0.15, -0.1) is 0 Å². The molecule has 1 aromatic rings. The maximum Gasteiger partial charge on any atom is 0.125 e. The largest absolute Gasteiger partial charge is 0.389 e. The number of benzene rings is 1. The maximum atomic E-state index is 13.0. The SMILES string of the molecule is CN(CCCC(C)(O)CN)c1cccc(F)c1. The van der Waals surface area contributed by atoms with Crippen molar-refractivity contribution in [3.63, 3.8) is 0 Å². The van der Waals surface area contributed by atoms with Crippen LogP contribution in [-0.4, -0.2) is 30.8 Å². The van der Waals surface area contributed by atoms with Gasteiger partial charge in [-0.2, -0.15) is 0 Å². The summed E-state index contributed by atoms with van der Waals surface area (Å²) < 4.78 is 13.0. The molecule has 0 aliphatic rings. The van der Waals surface area contributed by atoms with Crippen molar-refractivity contribution in [3.05, 3.63) is 30.1 Å². The summed E-state index contributed by atoms with van der Waals surface area (Å²) in [7, 11) is 1.91. The van der Waals surface area contributed by atoms with Crippen molar-refractivity contribution in [3.8, 4) is 0 Å². The quantitative estimate of drug-likeness (QED) is 0.796. The fourth-order valence-electron chi connectivity index (χ4n) is 1.64. The zero-order valence-corrected chi connectivity index (χ0v) is 10.5. The molecule has 0 aliphatic carbocycles. The number of nitrogens with zero attached hydrogens (tertiary/aromatic N) is 1. The Balaban J connectivity index is 2.42. The van der Waals surface area contributed by atoms with Gasteiger partial charge in [0.05, 0.1) is 5.60 Å². The molecule has 17 heavy (non-hydrogen) atoms. The Hall–Kier alpha value is -1.13. The van der Waals surface area contributed by atoms with Crippen LogP contribution in [0.5, 0.6) is 0 Å². The van der Waals surface area contributed by atoms with E-state index < -0.39 is 5.60 Å². The summed E-state index contributed by atoms with van der Waals surface area (Å²) in [5.41, 5.74) is 5.48. The zero-order chi connectivity index (χ0) is 12.9. The molecule has 0 spiro atoms. The monoisotopic (exact) mass is 240 g/mol. The molecule has 3 N–H and O–H groups in total. The lowest BCUT2D eigenvalue weighted by molar-refractivity contribution is 0.0585. The summed E-state index contributed by atoms with van der Waals surface area (Å²) in [5.74, 6) is -0.233. The van der Waals surface area contributed by atoms with Crippen LogP contribution in [0.2, 0.25) is 0 Å². The van der Waals surface area contributed by atoms with Crippen molar-refractivity contribution in [2.75, 3.05) is 25.0 Å². The Labute approximate surface area is 102 Å². The van der Waals surface area contributed by atoms with Gasteiger partial charge in [0, 0.05) is 25.8 Å². The number of halogens is 1. The standard InChI is InChI=1S/C13H21FN2O/c1-13(17,10-15)7-4-8-16(2)12-6-3-5-11(14)9-12/h3,5-6,9,17H,4,7-8,10,15H2,1-2H3. The van der Waals surface area contributed by atoms with Gasteiger partial charge in [0.1, 0.15) is 5.82 Å². The van der Waals surface area contributed by atoms with Gasteiger partial charge in [-0.25, -0.2) is 4.39 Å². The first kappa shape index (κ1) is 13.9. The normalized spacial score (nSPS) is 14.4. The van der Waals surface area contributed by atoms with Crippen LogP contribution in [0, 0.1) is 5.82 Å². The highest BCUT2D eigenvalue weighted by molar-refractivity contribution is 5.45. The molecule has 0 radical (unpaired) electrons. The first-order valence-electron chi connectivity index (χ1n) is 5.84. The molecule has 4 heteroatoms. The predicted octanol–water partition coefficient (Wildman–Crippen LogP) is 1.75. The molecule has 0 amide bonds. The van der Waals surface area contributed by atoms with Crippen molar-refractivity contribution >= 4 is 5.69 Å². The van der Waals surface area contributed by atoms with Crippen LogP contribution >= 0.6 is 0 Å². The molecule has 1 aromatic carbocycles. The summed E-state index contributed by atoms with van der Waals surface area (Å²) in [6.45, 7) is 2.76. The molecular formula is C13H21FN2O. The fraction of sp³-hybridized carbons (Fsp3) is 0.538. The Morgan fingerprint density at radius 3 is 2.76 bits per heavy atom. The molecule has 1 atom stereocenters. The van der Waals surface area contributed by atoms with Gasteiger partial charge in [-0.1, -0.05) is 6.07 Å². The minimum absolute atomic E-state index is 0.233. The van der Waals surface area contributed by atoms with E-state index in [1.165, 1.54) is 12.1 Å². The van der Waals surface area contributed by atoms with E-state index in [2.05, 4.69) is 0 Å². The summed E-state index contributed by atoms with van der Waals surface area (Å²) in [4.78, 5) is 1.97. The average molecular weight is 240 g/mol. The smallest absolute Gasteiger partial charge is 0.125 e. The van der Waals surface area contributed by atoms with E-state index in [0.717, 1.165) is 18.7 Å². The van der Waals surface area contributed by atoms with Gasteiger partial charge in [0.25, 0.3) is 0 Å². The molecule has 0 heterocycles. The van der Waals surface area contributed by atoms with Gasteiger partial charge in [-0.05, 0) is 38.0 Å². The molecule has 1 rings (SSSR count). The molecular weight excluding hydrogens is 219 g/mol. The second kappa shape index (κ2) is 5.98. The van der Waals surface area contributed by atoms with Crippen LogP contribution in [0.25, 0.3) is 0 Å². The second-order valence-corrected chi connectivity index (χ2v) is 4.71. The zero-order valence-electron chi connectivity index (χ0n) is 10.5. The Morgan fingerprint density at radius 1 is 1.47 bits per heavy atom. The summed E-state index contributed by atoms with van der Waals surface area (Å²) in [6, 6.07) is 6.49. The molecule has 96 valence electrons. The van der Waals surface area contributed by atoms with Crippen LogP contribution < -0.4 is 10.6 Å². The molecule has 0 saturated carbocycles. The maximum absolute atomic E-state index is 13.0. The third-order valence-electron chi connectivity index (χ3n) is 2.90. The lowest BCUT2D eigenvalue weighted by Gasteiger charge is -2.24. The van der Waals surface area contributed by atoms with E-state index in [1.807, 2.05) is 18.0 Å². The van der Waals surface area contributed by atoms with Gasteiger partial charge in [-0.3, -0.25) is 0 Å². The molecule has 0 aromatic heterocycles. The second-order valence-electron chi connectivity index (χ2n) is 4.71. The van der Waals surface area contributed by atoms with E-state index in [1.54, 1.807) is 13.0 Å². The highest BCUT2D eigenvalue weighted by Gasteiger charge is 2.17. The third-order valence-corrected chi connectivity index (χ3v) is 2.90. The van der Waals surface area contributed by atoms with Crippen molar-refractivity contribution in [2.24, 2.45) is 5.73 Å². The number of anilines is 1. The minimum atomic E-state index is -0.803. The van der Waals surface area contributed by atoms with Crippen molar-refractivity contribution < 1.29 is 9.50 Å². The van der Waals surface area contributed by atoms with Crippen molar-refractivity contribution in [1.29, 1.82) is 0 Å². The van der Waals surface area contributed by atoms with E-state index in [9.17, 15) is 9.50 Å². The van der Waals surface area contributed by atoms with Gasteiger partial charge < -0.3 is 15.7 Å². The highest BCUT2D eigenvalue weighted by atomic mass is 19.1. The third kappa shape index (κ3) is 4.71. The van der Waals surface area contributed by atoms with Crippen LogP contribution in [0.15, 0.2) is 24.3 Å². The lowest BCUT2D eigenvalue weighted by atomic mass is 10.0.